The summed E-state index contributed by atoms with van der Waals surface area (Å²) in [5.41, 5.74) is 13.9. The number of nitrogens with two attached hydrogens (primary N) is 1. The number of hydrogen-bond acceptors (Lipinski definition) is 7. The van der Waals surface area contributed by atoms with Crippen LogP contribution in [0.4, 0.5) is 11.4 Å². The lowest BCUT2D eigenvalue weighted by molar-refractivity contribution is -0.119. The third-order valence-corrected chi connectivity index (χ3v) is 12.5. The van der Waals surface area contributed by atoms with Crippen molar-refractivity contribution < 1.29 is 22.7 Å². The van der Waals surface area contributed by atoms with Crippen LogP contribution in [0.2, 0.25) is 0 Å². The van der Waals surface area contributed by atoms with E-state index in [1.165, 1.54) is 35.4 Å². The Morgan fingerprint density at radius 1 is 0.792 bits per heavy atom. The molecule has 0 amide bonds. The molecule has 0 radical (unpaired) electrons. The van der Waals surface area contributed by atoms with E-state index in [0.717, 1.165) is 71.9 Å². The quantitative estimate of drug-likeness (QED) is 0.150. The molecule has 9 nitrogen and oxygen atoms in total. The Morgan fingerprint density at radius 2 is 1.49 bits per heavy atom. The molecule has 2 N–H and O–H groups in total. The van der Waals surface area contributed by atoms with Gasteiger partial charge in [0.15, 0.2) is 11.6 Å². The molecule has 3 aromatic carbocycles. The predicted molar refractivity (Wildman–Crippen MR) is 213 cm³/mol. The Labute approximate surface area is 313 Å². The number of fused-ring (bicyclic) bond motifs is 1. The van der Waals surface area contributed by atoms with Crippen molar-refractivity contribution in [3.63, 3.8) is 0 Å². The summed E-state index contributed by atoms with van der Waals surface area (Å²) in [4.78, 5) is 29.2. The molecule has 2 aliphatic heterocycles. The summed E-state index contributed by atoms with van der Waals surface area (Å²) < 4.78 is 34.2. The van der Waals surface area contributed by atoms with Gasteiger partial charge in [0.2, 0.25) is 10.0 Å². The van der Waals surface area contributed by atoms with Gasteiger partial charge in [0, 0.05) is 72.4 Å². The van der Waals surface area contributed by atoms with Crippen LogP contribution in [0.3, 0.4) is 0 Å². The molecule has 7 rings (SSSR count). The summed E-state index contributed by atoms with van der Waals surface area (Å²) in [5, 5.41) is 1.15. The molecule has 1 aromatic heterocycles. The second-order valence-electron chi connectivity index (χ2n) is 15.0. The maximum absolute atomic E-state index is 13.6. The monoisotopic (exact) mass is 736 g/mol. The number of ketones is 2. The molecule has 2 fully saturated rings. The maximum atomic E-state index is 13.6. The highest BCUT2D eigenvalue weighted by Crippen LogP contribution is 2.45. The molecule has 10 heteroatoms. The van der Waals surface area contributed by atoms with E-state index in [4.69, 9.17) is 10.5 Å². The molecule has 1 saturated heterocycles. The first-order valence-corrected chi connectivity index (χ1v) is 21.2. The third-order valence-electron chi connectivity index (χ3n) is 11.2. The minimum atomic E-state index is -3.23. The summed E-state index contributed by atoms with van der Waals surface area (Å²) >= 11 is 0. The van der Waals surface area contributed by atoms with Crippen molar-refractivity contribution >= 4 is 43.9 Å². The van der Waals surface area contributed by atoms with Crippen molar-refractivity contribution in [3.8, 4) is 17.0 Å². The van der Waals surface area contributed by atoms with Crippen molar-refractivity contribution in [1.29, 1.82) is 0 Å². The Balaban J connectivity index is 1.20. The number of carbonyl (C=O) groups is 2. The van der Waals surface area contributed by atoms with Gasteiger partial charge in [-0.1, -0.05) is 43.5 Å². The average Bonchev–Trinajstić information content (AvgIpc) is 3.47. The van der Waals surface area contributed by atoms with Crippen LogP contribution in [0.1, 0.15) is 98.0 Å². The normalized spacial score (nSPS) is 19.3. The number of Topliss-reactive ketones (excluding diaryl/α,β-unsaturated/α-hetero) is 2. The van der Waals surface area contributed by atoms with Crippen LogP contribution < -0.4 is 15.4 Å². The second kappa shape index (κ2) is 16.3. The number of hydrogen-bond donors (Lipinski definition) is 1. The van der Waals surface area contributed by atoms with Crippen molar-refractivity contribution in [1.82, 2.24) is 8.87 Å². The van der Waals surface area contributed by atoms with Gasteiger partial charge in [0.25, 0.3) is 0 Å². The number of piperazine rings is 1. The van der Waals surface area contributed by atoms with E-state index < -0.39 is 10.0 Å². The number of ether oxygens (including phenoxy) is 1. The van der Waals surface area contributed by atoms with Crippen molar-refractivity contribution in [3.05, 3.63) is 89.5 Å². The molecule has 2 bridgehead atoms. The van der Waals surface area contributed by atoms with E-state index in [9.17, 15) is 18.0 Å². The standard InChI is InChI=1S/C43H52N4O5S/c1-53(50,51)46-25-23-45(24-26-46)39-22-18-35(44)27-34(39)30-52-37-19-15-32(16-20-37)43-42(31-11-7-6-8-12-31)38-21-17-33-28-40(38)47(43)29-36(48)13-9-4-2-3-5-10-14-41(33)49/h2-3,15-22,27-28,31H,4-14,23-26,29-30,44H2,1H3/b3-2-. The average molecular weight is 737 g/mol. The topological polar surface area (TPSA) is 115 Å². The summed E-state index contributed by atoms with van der Waals surface area (Å²) in [7, 11) is -3.23. The minimum Gasteiger partial charge on any atom is -0.489 e. The highest BCUT2D eigenvalue weighted by atomic mass is 32.2. The van der Waals surface area contributed by atoms with Crippen LogP contribution in [-0.4, -0.2) is 61.3 Å². The van der Waals surface area contributed by atoms with E-state index in [-0.39, 0.29) is 18.1 Å². The molecule has 0 atom stereocenters. The lowest BCUT2D eigenvalue weighted by Crippen LogP contribution is -2.48. The molecule has 1 aliphatic carbocycles. The van der Waals surface area contributed by atoms with Gasteiger partial charge in [0.05, 0.1) is 18.5 Å². The molecule has 4 aromatic rings. The number of nitrogens with zero attached hydrogens (tertiary/aromatic N) is 3. The van der Waals surface area contributed by atoms with E-state index in [2.05, 4.69) is 39.8 Å². The zero-order valence-corrected chi connectivity index (χ0v) is 31.7. The number of allylic oxidation sites excluding steroid dienone is 2. The fourth-order valence-corrected chi connectivity index (χ4v) is 9.25. The maximum Gasteiger partial charge on any atom is 0.211 e. The summed E-state index contributed by atoms with van der Waals surface area (Å²) in [5.74, 6) is 1.45. The van der Waals surface area contributed by atoms with E-state index >= 15 is 0 Å². The molecule has 280 valence electrons. The Bertz CT molecular complexity index is 2090. The lowest BCUT2D eigenvalue weighted by Gasteiger charge is -2.35. The molecule has 1 saturated carbocycles. The second-order valence-corrected chi connectivity index (χ2v) is 17.0. The molecule has 3 heterocycles. The Hall–Kier alpha value is -4.41. The number of carbonyl (C=O) groups excluding carboxylic acids is 2. The molecule has 0 unspecified atom stereocenters. The lowest BCUT2D eigenvalue weighted by atomic mass is 9.81. The van der Waals surface area contributed by atoms with Crippen LogP contribution >= 0.6 is 0 Å². The Morgan fingerprint density at radius 3 is 2.21 bits per heavy atom. The first-order valence-electron chi connectivity index (χ1n) is 19.3. The number of sulfonamides is 1. The van der Waals surface area contributed by atoms with Crippen LogP contribution in [0.15, 0.2) is 72.8 Å². The van der Waals surface area contributed by atoms with Crippen LogP contribution in [0.5, 0.6) is 5.75 Å². The predicted octanol–water partition coefficient (Wildman–Crippen LogP) is 8.26. The zero-order valence-electron chi connectivity index (χ0n) is 30.9. The van der Waals surface area contributed by atoms with Crippen LogP contribution in [0.25, 0.3) is 22.2 Å². The van der Waals surface area contributed by atoms with Gasteiger partial charge >= 0.3 is 0 Å². The molecule has 53 heavy (non-hydrogen) atoms. The molecule has 0 spiro atoms. The molecule has 3 aliphatic rings. The molecular formula is C43H52N4O5S. The first-order chi connectivity index (χ1) is 25.7. The first kappa shape index (κ1) is 36.9. The summed E-state index contributed by atoms with van der Waals surface area (Å²) in [6.45, 7) is 2.63. The van der Waals surface area contributed by atoms with Crippen molar-refractivity contribution in [2.45, 2.75) is 89.7 Å². The Kier molecular flexibility index (Phi) is 11.4. The largest absolute Gasteiger partial charge is 0.489 e. The fourth-order valence-electron chi connectivity index (χ4n) is 8.42. The highest BCUT2D eigenvalue weighted by Gasteiger charge is 2.28. The van der Waals surface area contributed by atoms with Crippen LogP contribution in [-0.2, 0) is 28.0 Å². The van der Waals surface area contributed by atoms with Gasteiger partial charge < -0.3 is 19.9 Å². The SMILES string of the molecule is CS(=O)(=O)N1CCN(c2ccc(N)cc2COc2ccc(-c3c(C4CCCCC4)c4ccc5cc4n3CC(=O)CCC/C=C\CCCC5=O)cc2)CC1. The summed E-state index contributed by atoms with van der Waals surface area (Å²) in [6.07, 6.45) is 15.8. The van der Waals surface area contributed by atoms with Gasteiger partial charge in [-0.05, 0) is 104 Å². The summed E-state index contributed by atoms with van der Waals surface area (Å²) in [6, 6.07) is 20.2. The van der Waals surface area contributed by atoms with E-state index in [0.29, 0.717) is 68.5 Å². The highest BCUT2D eigenvalue weighted by molar-refractivity contribution is 7.88. The fraction of sp³-hybridized carbons (Fsp3) is 0.442. The number of anilines is 2. The number of aromatic nitrogens is 1. The van der Waals surface area contributed by atoms with Gasteiger partial charge in [-0.15, -0.1) is 0 Å². The zero-order chi connectivity index (χ0) is 37.0. The minimum absolute atomic E-state index is 0.149. The number of rotatable bonds is 7. The van der Waals surface area contributed by atoms with Gasteiger partial charge in [-0.3, -0.25) is 9.59 Å². The molecular weight excluding hydrogens is 685 g/mol. The van der Waals surface area contributed by atoms with Gasteiger partial charge in [0.1, 0.15) is 12.4 Å². The van der Waals surface area contributed by atoms with Crippen molar-refractivity contribution in [2.24, 2.45) is 0 Å². The van der Waals surface area contributed by atoms with Crippen LogP contribution in [0, 0.1) is 0 Å². The van der Waals surface area contributed by atoms with Crippen molar-refractivity contribution in [2.75, 3.05) is 43.1 Å². The third kappa shape index (κ3) is 8.54. The number of benzene rings is 3. The van der Waals surface area contributed by atoms with E-state index in [1.807, 2.05) is 42.5 Å². The smallest absolute Gasteiger partial charge is 0.211 e. The van der Waals surface area contributed by atoms with Gasteiger partial charge in [-0.2, -0.15) is 4.31 Å². The van der Waals surface area contributed by atoms with E-state index in [1.54, 1.807) is 0 Å². The number of nitrogen functional groups attached to an aromatic ring is 1. The van der Waals surface area contributed by atoms with Gasteiger partial charge in [-0.25, -0.2) is 8.42 Å².